The molecule has 0 spiro atoms. The lowest BCUT2D eigenvalue weighted by molar-refractivity contribution is 0.215. The summed E-state index contributed by atoms with van der Waals surface area (Å²) in [5, 5.41) is 7.63. The second kappa shape index (κ2) is 6.90. The van der Waals surface area contributed by atoms with Gasteiger partial charge in [-0.15, -0.1) is 0 Å². The van der Waals surface area contributed by atoms with Crippen molar-refractivity contribution in [1.82, 2.24) is 10.6 Å². The second-order valence-corrected chi connectivity index (χ2v) is 6.72. The van der Waals surface area contributed by atoms with E-state index in [-0.39, 0.29) is 0 Å². The molecule has 1 heterocycles. The van der Waals surface area contributed by atoms with Crippen molar-refractivity contribution in [3.8, 4) is 0 Å². The van der Waals surface area contributed by atoms with Gasteiger partial charge >= 0.3 is 0 Å². The number of hydrogen-bond donors (Lipinski definition) is 2. The van der Waals surface area contributed by atoms with E-state index in [1.165, 1.54) is 77.3 Å². The maximum atomic E-state index is 3.89. The van der Waals surface area contributed by atoms with Crippen LogP contribution in [0.4, 0.5) is 0 Å². The lowest BCUT2D eigenvalue weighted by Crippen LogP contribution is -2.47. The van der Waals surface area contributed by atoms with Crippen LogP contribution in [0.3, 0.4) is 0 Å². The molecule has 1 saturated carbocycles. The fourth-order valence-electron chi connectivity index (χ4n) is 4.35. The molecule has 3 unspecified atom stereocenters. The van der Waals surface area contributed by atoms with E-state index >= 15 is 0 Å². The summed E-state index contributed by atoms with van der Waals surface area (Å²) in [7, 11) is 0. The van der Waals surface area contributed by atoms with E-state index < -0.39 is 0 Å². The first-order valence-electron chi connectivity index (χ1n) is 8.58. The van der Waals surface area contributed by atoms with E-state index in [1.54, 1.807) is 5.57 Å². The molecule has 3 atom stereocenters. The predicted octanol–water partition coefficient (Wildman–Crippen LogP) is 3.39. The molecule has 0 bridgehead atoms. The average Bonchev–Trinajstić information content (AvgIpc) is 3.12. The lowest BCUT2D eigenvalue weighted by Gasteiger charge is -2.36. The molecule has 0 aromatic rings. The van der Waals surface area contributed by atoms with Crippen LogP contribution < -0.4 is 10.6 Å². The van der Waals surface area contributed by atoms with Gasteiger partial charge in [0.25, 0.3) is 0 Å². The van der Waals surface area contributed by atoms with Gasteiger partial charge in [-0.3, -0.25) is 0 Å². The van der Waals surface area contributed by atoms with Crippen molar-refractivity contribution in [1.29, 1.82) is 0 Å². The molecule has 1 saturated heterocycles. The summed E-state index contributed by atoms with van der Waals surface area (Å²) in [5.74, 6) is 0.897. The summed E-state index contributed by atoms with van der Waals surface area (Å²) in [6.45, 7) is 2.46. The number of nitrogens with one attached hydrogen (secondary N) is 2. The molecule has 2 nitrogen and oxygen atoms in total. The highest BCUT2D eigenvalue weighted by Crippen LogP contribution is 2.30. The van der Waals surface area contributed by atoms with Crippen LogP contribution in [-0.4, -0.2) is 25.2 Å². The maximum Gasteiger partial charge on any atom is 0.0111 e. The van der Waals surface area contributed by atoms with Gasteiger partial charge in [0.05, 0.1) is 0 Å². The van der Waals surface area contributed by atoms with E-state index in [0.717, 1.165) is 18.0 Å². The maximum absolute atomic E-state index is 3.89. The topological polar surface area (TPSA) is 24.1 Å². The second-order valence-electron chi connectivity index (χ2n) is 6.72. The summed E-state index contributed by atoms with van der Waals surface area (Å²) in [5.41, 5.74) is 1.71. The molecule has 0 amide bonds. The Kier molecular flexibility index (Phi) is 4.95. The third-order valence-corrected chi connectivity index (χ3v) is 5.42. The van der Waals surface area contributed by atoms with E-state index in [1.807, 2.05) is 0 Å². The molecule has 108 valence electrons. The zero-order valence-corrected chi connectivity index (χ0v) is 12.3. The fourth-order valence-corrected chi connectivity index (χ4v) is 4.35. The highest BCUT2D eigenvalue weighted by atomic mass is 15.0. The molecule has 1 aliphatic heterocycles. The Hall–Kier alpha value is -0.340. The summed E-state index contributed by atoms with van der Waals surface area (Å²) in [6, 6.07) is 1.59. The molecule has 0 radical (unpaired) electrons. The Morgan fingerprint density at radius 1 is 1.11 bits per heavy atom. The molecule has 3 rings (SSSR count). The molecule has 2 heteroatoms. The highest BCUT2D eigenvalue weighted by Gasteiger charge is 2.32. The minimum Gasteiger partial charge on any atom is -0.314 e. The molecule has 3 aliphatic rings. The van der Waals surface area contributed by atoms with Gasteiger partial charge in [-0.25, -0.2) is 0 Å². The van der Waals surface area contributed by atoms with Gasteiger partial charge in [0.2, 0.25) is 0 Å². The first kappa shape index (κ1) is 13.6. The average molecular weight is 262 g/mol. The monoisotopic (exact) mass is 262 g/mol. The van der Waals surface area contributed by atoms with E-state index in [2.05, 4.69) is 16.7 Å². The quantitative estimate of drug-likeness (QED) is 0.742. The molecule has 0 aromatic heterocycles. The van der Waals surface area contributed by atoms with Crippen molar-refractivity contribution < 1.29 is 0 Å². The number of rotatable bonds is 5. The van der Waals surface area contributed by atoms with Gasteiger partial charge in [0.1, 0.15) is 0 Å². The molecule has 0 aromatic carbocycles. The van der Waals surface area contributed by atoms with Crippen LogP contribution in [0.5, 0.6) is 0 Å². The van der Waals surface area contributed by atoms with Crippen LogP contribution >= 0.6 is 0 Å². The zero-order valence-electron chi connectivity index (χ0n) is 12.3. The van der Waals surface area contributed by atoms with E-state index in [9.17, 15) is 0 Å². The van der Waals surface area contributed by atoms with Crippen molar-refractivity contribution in [3.63, 3.8) is 0 Å². The van der Waals surface area contributed by atoms with Gasteiger partial charge in [-0.2, -0.15) is 0 Å². The summed E-state index contributed by atoms with van der Waals surface area (Å²) in [6.07, 6.45) is 16.4. The zero-order chi connectivity index (χ0) is 12.9. The van der Waals surface area contributed by atoms with Gasteiger partial charge < -0.3 is 10.6 Å². The van der Waals surface area contributed by atoms with E-state index in [0.29, 0.717) is 0 Å². The Labute approximate surface area is 118 Å². The van der Waals surface area contributed by atoms with Crippen LogP contribution in [-0.2, 0) is 0 Å². The smallest absolute Gasteiger partial charge is 0.0111 e. The third-order valence-electron chi connectivity index (χ3n) is 5.42. The Morgan fingerprint density at radius 3 is 2.84 bits per heavy atom. The van der Waals surface area contributed by atoms with Gasteiger partial charge in [0, 0.05) is 12.1 Å². The SMILES string of the molecule is C1=C(CCNC2CCCCC2C2CCCN2)CCC1. The largest absolute Gasteiger partial charge is 0.314 e. The van der Waals surface area contributed by atoms with Gasteiger partial charge in [-0.1, -0.05) is 24.5 Å². The van der Waals surface area contributed by atoms with Crippen molar-refractivity contribution in [3.05, 3.63) is 11.6 Å². The molecule has 2 N–H and O–H groups in total. The molecule has 2 aliphatic carbocycles. The predicted molar refractivity (Wildman–Crippen MR) is 81.3 cm³/mol. The van der Waals surface area contributed by atoms with Gasteiger partial charge in [-0.05, 0) is 70.4 Å². The Morgan fingerprint density at radius 2 is 2.05 bits per heavy atom. The highest BCUT2D eigenvalue weighted by molar-refractivity contribution is 5.07. The lowest BCUT2D eigenvalue weighted by atomic mass is 9.79. The normalized spacial score (nSPS) is 35.6. The Balaban J connectivity index is 1.46. The Bertz CT molecular complexity index is 304. The first-order valence-corrected chi connectivity index (χ1v) is 8.58. The van der Waals surface area contributed by atoms with Gasteiger partial charge in [0.15, 0.2) is 0 Å². The standard InChI is InChI=1S/C17H30N2/c1-2-7-14(6-1)11-13-19-16-9-4-3-8-15(16)17-10-5-12-18-17/h6,15-19H,1-5,7-13H2. The minimum absolute atomic E-state index is 0.784. The van der Waals surface area contributed by atoms with Crippen LogP contribution in [0.1, 0.15) is 64.2 Å². The van der Waals surface area contributed by atoms with E-state index in [4.69, 9.17) is 0 Å². The van der Waals surface area contributed by atoms with Crippen molar-refractivity contribution in [2.24, 2.45) is 5.92 Å². The minimum atomic E-state index is 0.784. The summed E-state index contributed by atoms with van der Waals surface area (Å²) >= 11 is 0. The third kappa shape index (κ3) is 3.61. The molecular weight excluding hydrogens is 232 g/mol. The molecular formula is C17H30N2. The van der Waals surface area contributed by atoms with Crippen molar-refractivity contribution in [2.45, 2.75) is 76.3 Å². The number of allylic oxidation sites excluding steroid dienone is 1. The molecule has 2 fully saturated rings. The number of hydrogen-bond acceptors (Lipinski definition) is 2. The van der Waals surface area contributed by atoms with Crippen LogP contribution in [0, 0.1) is 5.92 Å². The van der Waals surface area contributed by atoms with Crippen LogP contribution in [0.25, 0.3) is 0 Å². The first-order chi connectivity index (χ1) is 9.43. The van der Waals surface area contributed by atoms with Crippen LogP contribution in [0.15, 0.2) is 11.6 Å². The molecule has 19 heavy (non-hydrogen) atoms. The van der Waals surface area contributed by atoms with Crippen molar-refractivity contribution >= 4 is 0 Å². The summed E-state index contributed by atoms with van der Waals surface area (Å²) in [4.78, 5) is 0. The van der Waals surface area contributed by atoms with Crippen molar-refractivity contribution in [2.75, 3.05) is 13.1 Å². The fraction of sp³-hybridized carbons (Fsp3) is 0.882. The van der Waals surface area contributed by atoms with Crippen LogP contribution in [0.2, 0.25) is 0 Å². The summed E-state index contributed by atoms with van der Waals surface area (Å²) < 4.78 is 0.